The monoisotopic (exact) mass is 408 g/mol. The molecule has 30 heavy (non-hydrogen) atoms. The van der Waals surface area contributed by atoms with Gasteiger partial charge in [0.1, 0.15) is 12.4 Å². The lowest BCUT2D eigenvalue weighted by molar-refractivity contribution is -0.140. The smallest absolute Gasteiger partial charge is 0.333 e. The van der Waals surface area contributed by atoms with Gasteiger partial charge < -0.3 is 14.2 Å². The Hall–Kier alpha value is -2.59. The topological polar surface area (TPSA) is 44.8 Å². The van der Waals surface area contributed by atoms with Crippen LogP contribution in [0.15, 0.2) is 66.7 Å². The number of esters is 1. The molecule has 0 N–H and O–H groups in total. The normalized spacial score (nSPS) is 18.6. The maximum atomic E-state index is 11.3. The van der Waals surface area contributed by atoms with Gasteiger partial charge in [0.25, 0.3) is 0 Å². The molecule has 0 saturated heterocycles. The van der Waals surface area contributed by atoms with E-state index in [1.165, 1.54) is 24.0 Å². The highest BCUT2D eigenvalue weighted by Crippen LogP contribution is 2.30. The van der Waals surface area contributed by atoms with Crippen molar-refractivity contribution in [3.8, 4) is 16.9 Å². The third kappa shape index (κ3) is 7.03. The fourth-order valence-electron chi connectivity index (χ4n) is 3.72. The summed E-state index contributed by atoms with van der Waals surface area (Å²) < 4.78 is 16.8. The van der Waals surface area contributed by atoms with Crippen molar-refractivity contribution in [2.75, 3.05) is 26.4 Å². The van der Waals surface area contributed by atoms with Gasteiger partial charge in [0.05, 0.1) is 13.2 Å². The van der Waals surface area contributed by atoms with Gasteiger partial charge in [-0.05, 0) is 67.7 Å². The van der Waals surface area contributed by atoms with Gasteiger partial charge >= 0.3 is 5.97 Å². The average Bonchev–Trinajstić information content (AvgIpc) is 2.79. The van der Waals surface area contributed by atoms with E-state index in [-0.39, 0.29) is 12.6 Å². The van der Waals surface area contributed by atoms with Crippen molar-refractivity contribution >= 4 is 5.97 Å². The summed E-state index contributed by atoms with van der Waals surface area (Å²) in [6.07, 6.45) is 4.65. The van der Waals surface area contributed by atoms with E-state index in [1.807, 2.05) is 6.07 Å². The highest BCUT2D eigenvalue weighted by molar-refractivity contribution is 5.86. The standard InChI is InChI=1S/C26H32O4/c1-20(2)26(27)29-17-16-28-18-21-8-10-22(11-9-21)19-30-25-14-12-24(13-15-25)23-6-4-3-5-7-23/h3-7,12-15,21-22H,1,8-11,16-19H2,2H3. The number of carbonyl (C=O) groups is 1. The Balaban J connectivity index is 1.30. The van der Waals surface area contributed by atoms with Gasteiger partial charge in [-0.25, -0.2) is 4.79 Å². The van der Waals surface area contributed by atoms with E-state index in [1.54, 1.807) is 6.92 Å². The second-order valence-corrected chi connectivity index (χ2v) is 8.08. The molecule has 0 heterocycles. The van der Waals surface area contributed by atoms with Crippen LogP contribution in [0.25, 0.3) is 11.1 Å². The average molecular weight is 409 g/mol. The molecule has 2 aromatic rings. The summed E-state index contributed by atoms with van der Waals surface area (Å²) in [6.45, 7) is 7.45. The van der Waals surface area contributed by atoms with Gasteiger partial charge in [-0.1, -0.05) is 49.0 Å². The summed E-state index contributed by atoms with van der Waals surface area (Å²) in [5.74, 6) is 1.77. The zero-order chi connectivity index (χ0) is 21.2. The molecular formula is C26H32O4. The van der Waals surface area contributed by atoms with Crippen LogP contribution in [0.2, 0.25) is 0 Å². The zero-order valence-corrected chi connectivity index (χ0v) is 17.8. The van der Waals surface area contributed by atoms with Crippen molar-refractivity contribution in [1.82, 2.24) is 0 Å². The van der Waals surface area contributed by atoms with Crippen molar-refractivity contribution in [3.63, 3.8) is 0 Å². The summed E-state index contributed by atoms with van der Waals surface area (Å²) in [5, 5.41) is 0. The Labute approximate surface area is 179 Å². The van der Waals surface area contributed by atoms with Crippen molar-refractivity contribution in [2.24, 2.45) is 11.8 Å². The molecule has 0 radical (unpaired) electrons. The fourth-order valence-corrected chi connectivity index (χ4v) is 3.72. The second kappa shape index (κ2) is 11.6. The molecule has 0 amide bonds. The molecular weight excluding hydrogens is 376 g/mol. The van der Waals surface area contributed by atoms with E-state index < -0.39 is 0 Å². The first-order valence-corrected chi connectivity index (χ1v) is 10.8. The molecule has 0 aliphatic heterocycles. The van der Waals surface area contributed by atoms with Crippen LogP contribution < -0.4 is 4.74 Å². The summed E-state index contributed by atoms with van der Waals surface area (Å²) in [7, 11) is 0. The summed E-state index contributed by atoms with van der Waals surface area (Å²) in [5.41, 5.74) is 2.85. The maximum absolute atomic E-state index is 11.3. The van der Waals surface area contributed by atoms with Crippen molar-refractivity contribution in [1.29, 1.82) is 0 Å². The third-order valence-electron chi connectivity index (χ3n) is 5.58. The minimum Gasteiger partial charge on any atom is -0.493 e. The molecule has 4 heteroatoms. The van der Waals surface area contributed by atoms with Gasteiger partial charge in [0.2, 0.25) is 0 Å². The molecule has 0 unspecified atom stereocenters. The molecule has 3 rings (SSSR count). The van der Waals surface area contributed by atoms with Crippen molar-refractivity contribution in [3.05, 3.63) is 66.7 Å². The lowest BCUT2D eigenvalue weighted by Gasteiger charge is -2.28. The Morgan fingerprint density at radius 3 is 2.10 bits per heavy atom. The lowest BCUT2D eigenvalue weighted by atomic mass is 9.83. The van der Waals surface area contributed by atoms with Crippen LogP contribution in [0, 0.1) is 11.8 Å². The van der Waals surface area contributed by atoms with Gasteiger partial charge in [0, 0.05) is 12.2 Å². The maximum Gasteiger partial charge on any atom is 0.333 e. The molecule has 0 aromatic heterocycles. The Bertz CT molecular complexity index is 790. The van der Waals surface area contributed by atoms with E-state index in [0.717, 1.165) is 31.8 Å². The van der Waals surface area contributed by atoms with Gasteiger partial charge in [-0.2, -0.15) is 0 Å². The molecule has 0 spiro atoms. The van der Waals surface area contributed by atoms with E-state index in [2.05, 4.69) is 55.1 Å². The van der Waals surface area contributed by atoms with Crippen molar-refractivity contribution in [2.45, 2.75) is 32.6 Å². The highest BCUT2D eigenvalue weighted by atomic mass is 16.6. The molecule has 1 aliphatic rings. The Morgan fingerprint density at radius 1 is 0.867 bits per heavy atom. The molecule has 1 saturated carbocycles. The van der Waals surface area contributed by atoms with Crippen LogP contribution in [-0.2, 0) is 14.3 Å². The third-order valence-corrected chi connectivity index (χ3v) is 5.58. The molecule has 0 bridgehead atoms. The van der Waals surface area contributed by atoms with Gasteiger partial charge in [-0.15, -0.1) is 0 Å². The van der Waals surface area contributed by atoms with Gasteiger partial charge in [0.15, 0.2) is 0 Å². The van der Waals surface area contributed by atoms with E-state index in [9.17, 15) is 4.79 Å². The quantitative estimate of drug-likeness (QED) is 0.288. The number of rotatable bonds is 10. The lowest BCUT2D eigenvalue weighted by Crippen LogP contribution is -2.23. The second-order valence-electron chi connectivity index (χ2n) is 8.08. The molecule has 1 aliphatic carbocycles. The fraction of sp³-hybridized carbons (Fsp3) is 0.423. The van der Waals surface area contributed by atoms with Crippen molar-refractivity contribution < 1.29 is 19.0 Å². The highest BCUT2D eigenvalue weighted by Gasteiger charge is 2.22. The number of carbonyl (C=O) groups excluding carboxylic acids is 1. The molecule has 1 fully saturated rings. The van der Waals surface area contributed by atoms with E-state index >= 15 is 0 Å². The molecule has 0 atom stereocenters. The predicted molar refractivity (Wildman–Crippen MR) is 119 cm³/mol. The largest absolute Gasteiger partial charge is 0.493 e. The van der Waals surface area contributed by atoms with Crippen LogP contribution in [0.4, 0.5) is 0 Å². The predicted octanol–water partition coefficient (Wildman–Crippen LogP) is 5.67. The van der Waals surface area contributed by atoms with Crippen LogP contribution in [0.5, 0.6) is 5.75 Å². The first kappa shape index (κ1) is 22.1. The summed E-state index contributed by atoms with van der Waals surface area (Å²) in [4.78, 5) is 11.3. The van der Waals surface area contributed by atoms with Crippen LogP contribution in [-0.4, -0.2) is 32.4 Å². The minimum atomic E-state index is -0.353. The number of hydrogen-bond acceptors (Lipinski definition) is 4. The first-order valence-electron chi connectivity index (χ1n) is 10.8. The molecule has 4 nitrogen and oxygen atoms in total. The summed E-state index contributed by atoms with van der Waals surface area (Å²) in [6, 6.07) is 18.7. The van der Waals surface area contributed by atoms with Gasteiger partial charge in [-0.3, -0.25) is 0 Å². The number of ether oxygens (including phenoxy) is 3. The van der Waals surface area contributed by atoms with E-state index in [0.29, 0.717) is 24.0 Å². The van der Waals surface area contributed by atoms with Crippen LogP contribution in [0.1, 0.15) is 32.6 Å². The summed E-state index contributed by atoms with van der Waals surface area (Å²) >= 11 is 0. The van der Waals surface area contributed by atoms with E-state index in [4.69, 9.17) is 14.2 Å². The first-order chi connectivity index (χ1) is 14.6. The van der Waals surface area contributed by atoms with Crippen LogP contribution >= 0.6 is 0 Å². The molecule has 160 valence electrons. The Kier molecular flexibility index (Phi) is 8.52. The SMILES string of the molecule is C=C(C)C(=O)OCCOCC1CCC(COc2ccc(-c3ccccc3)cc2)CC1. The number of hydrogen-bond donors (Lipinski definition) is 0. The minimum absolute atomic E-state index is 0.290. The number of benzene rings is 2. The Morgan fingerprint density at radius 2 is 1.47 bits per heavy atom. The molecule has 2 aromatic carbocycles. The van der Waals surface area contributed by atoms with Crippen LogP contribution in [0.3, 0.4) is 0 Å². The zero-order valence-electron chi connectivity index (χ0n) is 17.8.